The summed E-state index contributed by atoms with van der Waals surface area (Å²) in [7, 11) is 0. The summed E-state index contributed by atoms with van der Waals surface area (Å²) in [6.07, 6.45) is -0.727. The van der Waals surface area contributed by atoms with Crippen molar-refractivity contribution in [1.82, 2.24) is 0 Å². The van der Waals surface area contributed by atoms with Crippen molar-refractivity contribution in [3.8, 4) is 17.2 Å². The van der Waals surface area contributed by atoms with Crippen LogP contribution in [-0.2, 0) is 0 Å². The fraction of sp³-hybridized carbons (Fsp3) is 0.200. The highest BCUT2D eigenvalue weighted by molar-refractivity contribution is 5.44. The average Bonchev–Trinajstić information content (AvgIpc) is 2.38. The number of aliphatic hydroxyl groups excluding tert-OH is 1. The number of aliphatic hydroxyl groups is 1. The lowest BCUT2D eigenvalue weighted by molar-refractivity contribution is 0.0644. The molecule has 3 N–H and O–H groups in total. The highest BCUT2D eigenvalue weighted by atomic mass is 16.5. The summed E-state index contributed by atoms with van der Waals surface area (Å²) in [5, 5.41) is 29.4. The second-order valence-electron chi connectivity index (χ2n) is 4.64. The van der Waals surface area contributed by atoms with Gasteiger partial charge in [0.25, 0.3) is 0 Å². The van der Waals surface area contributed by atoms with E-state index < -0.39 is 12.2 Å². The maximum Gasteiger partial charge on any atom is 0.130 e. The van der Waals surface area contributed by atoms with E-state index in [0.717, 1.165) is 0 Å². The Bertz CT molecular complexity index is 609. The predicted molar refractivity (Wildman–Crippen MR) is 69.2 cm³/mol. The Balaban J connectivity index is 1.99. The largest absolute Gasteiger partial charge is 0.508 e. The molecule has 0 saturated carbocycles. The zero-order valence-electron chi connectivity index (χ0n) is 10.2. The van der Waals surface area contributed by atoms with Gasteiger partial charge in [0.1, 0.15) is 23.4 Å². The first-order valence-electron chi connectivity index (χ1n) is 6.10. The minimum atomic E-state index is -0.672. The first-order valence-corrected chi connectivity index (χ1v) is 6.10. The van der Waals surface area contributed by atoms with Gasteiger partial charge in [0.05, 0.1) is 6.10 Å². The fourth-order valence-corrected chi connectivity index (χ4v) is 2.38. The number of hydrogen-bond donors (Lipinski definition) is 3. The molecular formula is C15H14O4. The lowest BCUT2D eigenvalue weighted by atomic mass is 9.94. The van der Waals surface area contributed by atoms with Gasteiger partial charge in [-0.2, -0.15) is 0 Å². The quantitative estimate of drug-likeness (QED) is 0.735. The van der Waals surface area contributed by atoms with Crippen LogP contribution in [0.4, 0.5) is 0 Å². The van der Waals surface area contributed by atoms with E-state index in [0.29, 0.717) is 23.3 Å². The van der Waals surface area contributed by atoms with Gasteiger partial charge in [-0.25, -0.2) is 0 Å². The van der Waals surface area contributed by atoms with Crippen LogP contribution in [-0.4, -0.2) is 15.3 Å². The van der Waals surface area contributed by atoms with E-state index in [1.165, 1.54) is 12.1 Å². The first-order chi connectivity index (χ1) is 9.15. The molecule has 4 nitrogen and oxygen atoms in total. The minimum absolute atomic E-state index is 0.0869. The molecule has 0 saturated heterocycles. The summed E-state index contributed by atoms with van der Waals surface area (Å²) in [6.45, 7) is 0. The number of rotatable bonds is 1. The van der Waals surface area contributed by atoms with Crippen LogP contribution in [0.15, 0.2) is 42.5 Å². The van der Waals surface area contributed by atoms with E-state index in [9.17, 15) is 15.3 Å². The van der Waals surface area contributed by atoms with Crippen LogP contribution in [0.1, 0.15) is 29.8 Å². The third-order valence-electron chi connectivity index (χ3n) is 3.35. The van der Waals surface area contributed by atoms with Gasteiger partial charge in [-0.1, -0.05) is 18.2 Å². The molecule has 2 unspecified atom stereocenters. The Hall–Kier alpha value is -2.20. The van der Waals surface area contributed by atoms with Crippen molar-refractivity contribution < 1.29 is 20.1 Å². The summed E-state index contributed by atoms with van der Waals surface area (Å²) >= 11 is 0. The van der Waals surface area contributed by atoms with E-state index in [1.807, 2.05) is 6.07 Å². The molecule has 0 spiro atoms. The van der Waals surface area contributed by atoms with Gasteiger partial charge in [0.2, 0.25) is 0 Å². The van der Waals surface area contributed by atoms with E-state index in [2.05, 4.69) is 0 Å². The van der Waals surface area contributed by atoms with E-state index in [4.69, 9.17) is 4.74 Å². The maximum absolute atomic E-state index is 10.1. The first kappa shape index (κ1) is 11.9. The van der Waals surface area contributed by atoms with Crippen molar-refractivity contribution in [2.45, 2.75) is 18.6 Å². The Morgan fingerprint density at radius 3 is 2.58 bits per heavy atom. The summed E-state index contributed by atoms with van der Waals surface area (Å²) in [5.41, 5.74) is 1.29. The summed E-state index contributed by atoms with van der Waals surface area (Å²) in [5.74, 6) is 0.680. The molecule has 2 aromatic rings. The molecule has 1 aliphatic heterocycles. The molecule has 0 bridgehead atoms. The molecule has 19 heavy (non-hydrogen) atoms. The molecule has 3 rings (SSSR count). The van der Waals surface area contributed by atoms with Crippen molar-refractivity contribution in [2.24, 2.45) is 0 Å². The van der Waals surface area contributed by atoms with Crippen LogP contribution in [0.2, 0.25) is 0 Å². The van der Waals surface area contributed by atoms with E-state index in [-0.39, 0.29) is 11.5 Å². The van der Waals surface area contributed by atoms with Crippen molar-refractivity contribution in [1.29, 1.82) is 0 Å². The molecule has 4 heteroatoms. The second-order valence-corrected chi connectivity index (χ2v) is 4.64. The second kappa shape index (κ2) is 4.48. The number of ether oxygens (including phenoxy) is 1. The van der Waals surface area contributed by atoms with Crippen molar-refractivity contribution >= 4 is 0 Å². The summed E-state index contributed by atoms with van der Waals surface area (Å²) < 4.78 is 5.77. The molecule has 0 radical (unpaired) electrons. The summed E-state index contributed by atoms with van der Waals surface area (Å²) in [6, 6.07) is 11.5. The molecule has 0 fully saturated rings. The van der Waals surface area contributed by atoms with Gasteiger partial charge in [0.15, 0.2) is 0 Å². The van der Waals surface area contributed by atoms with Crippen molar-refractivity contribution in [3.63, 3.8) is 0 Å². The van der Waals surface area contributed by atoms with E-state index >= 15 is 0 Å². The number of phenols is 2. The van der Waals surface area contributed by atoms with Gasteiger partial charge in [-0.3, -0.25) is 0 Å². The zero-order valence-corrected chi connectivity index (χ0v) is 10.2. The number of aromatic hydroxyl groups is 2. The third kappa shape index (κ3) is 2.11. The molecule has 0 amide bonds. The van der Waals surface area contributed by atoms with Gasteiger partial charge < -0.3 is 20.1 Å². The topological polar surface area (TPSA) is 69.9 Å². The SMILES string of the molecule is Oc1ccc2c(c1)OC(c1ccccc1O)CC2O. The summed E-state index contributed by atoms with van der Waals surface area (Å²) in [4.78, 5) is 0. The molecule has 0 aromatic heterocycles. The van der Waals surface area contributed by atoms with Gasteiger partial charge >= 0.3 is 0 Å². The van der Waals surface area contributed by atoms with Gasteiger partial charge in [-0.05, 0) is 18.2 Å². The number of para-hydroxylation sites is 1. The minimum Gasteiger partial charge on any atom is -0.508 e. The Kier molecular flexibility index (Phi) is 2.80. The van der Waals surface area contributed by atoms with Crippen LogP contribution in [0.3, 0.4) is 0 Å². The maximum atomic E-state index is 10.1. The lowest BCUT2D eigenvalue weighted by Gasteiger charge is -2.30. The fourth-order valence-electron chi connectivity index (χ4n) is 2.38. The van der Waals surface area contributed by atoms with Gasteiger partial charge in [0, 0.05) is 23.6 Å². The predicted octanol–water partition coefficient (Wildman–Crippen LogP) is 2.66. The van der Waals surface area contributed by atoms with E-state index in [1.54, 1.807) is 24.3 Å². The number of fused-ring (bicyclic) bond motifs is 1. The normalized spacial score (nSPS) is 21.5. The smallest absolute Gasteiger partial charge is 0.130 e. The average molecular weight is 258 g/mol. The molecule has 2 atom stereocenters. The molecule has 0 aliphatic carbocycles. The standard InChI is InChI=1S/C15H14O4/c16-9-5-6-11-13(18)8-15(19-14(11)7-9)10-3-1-2-4-12(10)17/h1-7,13,15-18H,8H2. The highest BCUT2D eigenvalue weighted by Crippen LogP contribution is 2.43. The number of hydrogen-bond acceptors (Lipinski definition) is 4. The molecular weight excluding hydrogens is 244 g/mol. The molecule has 1 heterocycles. The van der Waals surface area contributed by atoms with Crippen LogP contribution in [0.25, 0.3) is 0 Å². The monoisotopic (exact) mass is 258 g/mol. The Labute approximate surface area is 110 Å². The Morgan fingerprint density at radius 1 is 1.00 bits per heavy atom. The van der Waals surface area contributed by atoms with Crippen LogP contribution in [0.5, 0.6) is 17.2 Å². The number of benzene rings is 2. The van der Waals surface area contributed by atoms with Crippen LogP contribution in [0, 0.1) is 0 Å². The number of phenolic OH excluding ortho intramolecular Hbond substituents is 2. The molecule has 1 aliphatic rings. The van der Waals surface area contributed by atoms with Crippen LogP contribution >= 0.6 is 0 Å². The third-order valence-corrected chi connectivity index (χ3v) is 3.35. The van der Waals surface area contributed by atoms with Crippen molar-refractivity contribution in [3.05, 3.63) is 53.6 Å². The van der Waals surface area contributed by atoms with Gasteiger partial charge in [-0.15, -0.1) is 0 Å². The lowest BCUT2D eigenvalue weighted by Crippen LogP contribution is -2.19. The highest BCUT2D eigenvalue weighted by Gasteiger charge is 2.29. The zero-order chi connectivity index (χ0) is 13.4. The van der Waals surface area contributed by atoms with Crippen LogP contribution < -0.4 is 4.74 Å². The molecule has 2 aromatic carbocycles. The van der Waals surface area contributed by atoms with Crippen molar-refractivity contribution in [2.75, 3.05) is 0 Å². The molecule has 98 valence electrons. The Morgan fingerprint density at radius 2 is 1.79 bits per heavy atom.